The van der Waals surface area contributed by atoms with E-state index in [4.69, 9.17) is 15.3 Å². The van der Waals surface area contributed by atoms with Gasteiger partial charge in [-0.05, 0) is 36.4 Å². The fourth-order valence-corrected chi connectivity index (χ4v) is 2.95. The lowest BCUT2D eigenvalue weighted by atomic mass is 10.3. The predicted octanol–water partition coefficient (Wildman–Crippen LogP) is 1.50. The van der Waals surface area contributed by atoms with Gasteiger partial charge in [-0.15, -0.1) is 0 Å². The number of nitrogens with two attached hydrogens (primary N) is 1. The number of nitrogens with one attached hydrogen (secondary N) is 2. The molecule has 1 heterocycles. The Balaban J connectivity index is 1.85. The van der Waals surface area contributed by atoms with Gasteiger partial charge < -0.3 is 14.9 Å². The molecule has 0 fully saturated rings. The van der Waals surface area contributed by atoms with E-state index in [1.165, 1.54) is 12.1 Å². The van der Waals surface area contributed by atoms with Crippen molar-refractivity contribution in [3.8, 4) is 11.5 Å². The summed E-state index contributed by atoms with van der Waals surface area (Å²) in [4.78, 5) is 0.138. The highest BCUT2D eigenvalue weighted by Gasteiger charge is 2.17. The molecular formula is C13H13N3O4S. The van der Waals surface area contributed by atoms with Crippen molar-refractivity contribution in [2.45, 2.75) is 4.90 Å². The third kappa shape index (κ3) is 2.71. The van der Waals surface area contributed by atoms with E-state index in [1.54, 1.807) is 30.3 Å². The van der Waals surface area contributed by atoms with E-state index >= 15 is 0 Å². The first-order chi connectivity index (χ1) is 10.1. The minimum atomic E-state index is -3.67. The quantitative estimate of drug-likeness (QED) is 0.584. The zero-order chi connectivity index (χ0) is 14.9. The summed E-state index contributed by atoms with van der Waals surface area (Å²) in [5.74, 6) is 6.35. The fourth-order valence-electron chi connectivity index (χ4n) is 1.90. The van der Waals surface area contributed by atoms with E-state index in [0.29, 0.717) is 22.9 Å². The lowest BCUT2D eigenvalue weighted by Crippen LogP contribution is -2.13. The van der Waals surface area contributed by atoms with E-state index in [1.807, 2.05) is 0 Å². The number of sulfonamides is 1. The van der Waals surface area contributed by atoms with Crippen LogP contribution >= 0.6 is 0 Å². The van der Waals surface area contributed by atoms with Gasteiger partial charge in [0.1, 0.15) is 0 Å². The van der Waals surface area contributed by atoms with Crippen molar-refractivity contribution in [2.24, 2.45) is 5.84 Å². The number of nitrogen functional groups attached to an aromatic ring is 1. The summed E-state index contributed by atoms with van der Waals surface area (Å²) in [6.07, 6.45) is 0. The van der Waals surface area contributed by atoms with Gasteiger partial charge in [0.05, 0.1) is 10.6 Å². The first kappa shape index (κ1) is 13.5. The van der Waals surface area contributed by atoms with Gasteiger partial charge in [-0.25, -0.2) is 8.42 Å². The smallest absolute Gasteiger partial charge is 0.261 e. The number of hydrogen-bond donors (Lipinski definition) is 3. The molecule has 0 saturated heterocycles. The first-order valence-corrected chi connectivity index (χ1v) is 7.56. The van der Waals surface area contributed by atoms with Crippen molar-refractivity contribution in [1.82, 2.24) is 0 Å². The molecule has 0 atom stereocenters. The van der Waals surface area contributed by atoms with Gasteiger partial charge in [0.25, 0.3) is 10.0 Å². The number of rotatable bonds is 4. The van der Waals surface area contributed by atoms with Crippen LogP contribution in [-0.2, 0) is 10.0 Å². The van der Waals surface area contributed by atoms with Crippen molar-refractivity contribution in [3.63, 3.8) is 0 Å². The van der Waals surface area contributed by atoms with Crippen LogP contribution in [0.5, 0.6) is 11.5 Å². The predicted molar refractivity (Wildman–Crippen MR) is 77.6 cm³/mol. The summed E-state index contributed by atoms with van der Waals surface area (Å²) in [6.45, 7) is 0.138. The van der Waals surface area contributed by atoms with Gasteiger partial charge in [-0.2, -0.15) is 0 Å². The monoisotopic (exact) mass is 307 g/mol. The average Bonchev–Trinajstić information content (AvgIpc) is 2.94. The Labute approximate surface area is 121 Å². The largest absolute Gasteiger partial charge is 0.454 e. The van der Waals surface area contributed by atoms with Crippen LogP contribution in [0.25, 0.3) is 0 Å². The zero-order valence-corrected chi connectivity index (χ0v) is 11.7. The molecule has 1 aliphatic rings. The van der Waals surface area contributed by atoms with Gasteiger partial charge in [0, 0.05) is 11.8 Å². The summed E-state index contributed by atoms with van der Waals surface area (Å²) >= 11 is 0. The molecule has 2 aromatic rings. The Morgan fingerprint density at radius 1 is 0.952 bits per heavy atom. The molecule has 3 rings (SSSR count). The molecule has 0 amide bonds. The average molecular weight is 307 g/mol. The highest BCUT2D eigenvalue weighted by Crippen LogP contribution is 2.34. The highest BCUT2D eigenvalue weighted by molar-refractivity contribution is 7.92. The molecular weight excluding hydrogens is 294 g/mol. The molecule has 0 radical (unpaired) electrons. The zero-order valence-electron chi connectivity index (χ0n) is 10.9. The number of ether oxygens (including phenoxy) is 2. The molecule has 1 aliphatic heterocycles. The molecule has 0 bridgehead atoms. The van der Waals surface area contributed by atoms with Crippen LogP contribution in [0, 0.1) is 0 Å². The normalized spacial score (nSPS) is 13.0. The van der Waals surface area contributed by atoms with Crippen molar-refractivity contribution in [1.29, 1.82) is 0 Å². The number of hydrazine groups is 1. The Bertz CT molecular complexity index is 759. The summed E-state index contributed by atoms with van der Waals surface area (Å²) in [7, 11) is -3.67. The number of hydrogen-bond acceptors (Lipinski definition) is 6. The SMILES string of the molecule is NNc1ccc(S(=O)(=O)Nc2ccc3c(c2)OCO3)cc1. The van der Waals surface area contributed by atoms with E-state index < -0.39 is 10.0 Å². The molecule has 2 aromatic carbocycles. The lowest BCUT2D eigenvalue weighted by molar-refractivity contribution is 0.174. The third-order valence-electron chi connectivity index (χ3n) is 2.96. The van der Waals surface area contributed by atoms with Gasteiger partial charge >= 0.3 is 0 Å². The molecule has 4 N–H and O–H groups in total. The maximum absolute atomic E-state index is 12.3. The van der Waals surface area contributed by atoms with Crippen molar-refractivity contribution < 1.29 is 17.9 Å². The molecule has 110 valence electrons. The topological polar surface area (TPSA) is 103 Å². The van der Waals surface area contributed by atoms with Crippen LogP contribution in [0.2, 0.25) is 0 Å². The minimum Gasteiger partial charge on any atom is -0.454 e. The molecule has 0 spiro atoms. The van der Waals surface area contributed by atoms with Gasteiger partial charge in [0.2, 0.25) is 6.79 Å². The van der Waals surface area contributed by atoms with Crippen LogP contribution in [-0.4, -0.2) is 15.2 Å². The van der Waals surface area contributed by atoms with E-state index in [2.05, 4.69) is 10.1 Å². The van der Waals surface area contributed by atoms with Crippen molar-refractivity contribution in [3.05, 3.63) is 42.5 Å². The summed E-state index contributed by atoms with van der Waals surface area (Å²) in [5.41, 5.74) is 3.46. The summed E-state index contributed by atoms with van der Waals surface area (Å²) < 4.78 is 37.4. The van der Waals surface area contributed by atoms with Crippen molar-refractivity contribution in [2.75, 3.05) is 16.9 Å². The van der Waals surface area contributed by atoms with Gasteiger partial charge in [0.15, 0.2) is 11.5 Å². The van der Waals surface area contributed by atoms with Gasteiger partial charge in [-0.1, -0.05) is 0 Å². The Kier molecular flexibility index (Phi) is 3.32. The van der Waals surface area contributed by atoms with Crippen LogP contribution in [0.4, 0.5) is 11.4 Å². The van der Waals surface area contributed by atoms with Crippen LogP contribution in [0.1, 0.15) is 0 Å². The van der Waals surface area contributed by atoms with Crippen LogP contribution < -0.4 is 25.5 Å². The third-order valence-corrected chi connectivity index (χ3v) is 4.35. The fraction of sp³-hybridized carbons (Fsp3) is 0.0769. The number of anilines is 2. The Morgan fingerprint density at radius 3 is 2.33 bits per heavy atom. The van der Waals surface area contributed by atoms with Crippen LogP contribution in [0.15, 0.2) is 47.4 Å². The summed E-state index contributed by atoms with van der Waals surface area (Å²) in [5, 5.41) is 0. The van der Waals surface area contributed by atoms with Gasteiger partial charge in [-0.3, -0.25) is 10.6 Å². The molecule has 0 saturated carbocycles. The van der Waals surface area contributed by atoms with E-state index in [0.717, 1.165) is 0 Å². The van der Waals surface area contributed by atoms with Crippen molar-refractivity contribution >= 4 is 21.4 Å². The maximum atomic E-state index is 12.3. The number of fused-ring (bicyclic) bond motifs is 1. The number of benzene rings is 2. The Hall–Kier alpha value is -2.45. The molecule has 0 aromatic heterocycles. The van der Waals surface area contributed by atoms with E-state index in [9.17, 15) is 8.42 Å². The lowest BCUT2D eigenvalue weighted by Gasteiger charge is -2.09. The Morgan fingerprint density at radius 2 is 1.62 bits per heavy atom. The second kappa shape index (κ2) is 5.15. The standard InChI is InChI=1S/C13H13N3O4S/c14-15-9-1-4-11(5-2-9)21(17,18)16-10-3-6-12-13(7-10)20-8-19-12/h1-7,15-16H,8,14H2. The maximum Gasteiger partial charge on any atom is 0.261 e. The summed E-state index contributed by atoms with van der Waals surface area (Å²) in [6, 6.07) is 10.9. The second-order valence-electron chi connectivity index (χ2n) is 4.34. The highest BCUT2D eigenvalue weighted by atomic mass is 32.2. The van der Waals surface area contributed by atoms with E-state index in [-0.39, 0.29) is 11.7 Å². The molecule has 0 unspecified atom stereocenters. The molecule has 7 nitrogen and oxygen atoms in total. The minimum absolute atomic E-state index is 0.138. The second-order valence-corrected chi connectivity index (χ2v) is 6.02. The first-order valence-electron chi connectivity index (χ1n) is 6.08. The molecule has 21 heavy (non-hydrogen) atoms. The molecule has 0 aliphatic carbocycles. The van der Waals surface area contributed by atoms with Crippen LogP contribution in [0.3, 0.4) is 0 Å². The molecule has 8 heteroatoms.